The highest BCUT2D eigenvalue weighted by atomic mass is 16.5. The van der Waals surface area contributed by atoms with Gasteiger partial charge in [0, 0.05) is 30.2 Å². The second kappa shape index (κ2) is 7.38. The summed E-state index contributed by atoms with van der Waals surface area (Å²) in [7, 11) is 0. The molecule has 1 aromatic carbocycles. The minimum absolute atomic E-state index is 0.00329. The lowest BCUT2D eigenvalue weighted by atomic mass is 10.2. The number of nitrogens with zero attached hydrogens (tertiary/aromatic N) is 1. The summed E-state index contributed by atoms with van der Waals surface area (Å²) in [5, 5.41) is 12.4. The molecule has 4 heteroatoms. The van der Waals surface area contributed by atoms with E-state index in [0.717, 1.165) is 30.0 Å². The van der Waals surface area contributed by atoms with Crippen LogP contribution in [0.5, 0.6) is 5.75 Å². The van der Waals surface area contributed by atoms with Crippen molar-refractivity contribution < 1.29 is 9.84 Å². The van der Waals surface area contributed by atoms with Crippen LogP contribution < -0.4 is 10.1 Å². The van der Waals surface area contributed by atoms with E-state index in [1.165, 1.54) is 0 Å². The van der Waals surface area contributed by atoms with Crippen LogP contribution in [0.3, 0.4) is 0 Å². The highest BCUT2D eigenvalue weighted by Gasteiger charge is 1.99. The molecule has 0 fully saturated rings. The van der Waals surface area contributed by atoms with Gasteiger partial charge >= 0.3 is 0 Å². The molecule has 1 aromatic heterocycles. The Morgan fingerprint density at radius 1 is 1.16 bits per heavy atom. The molecule has 4 nitrogen and oxygen atoms in total. The molecule has 0 unspecified atom stereocenters. The molecule has 0 saturated heterocycles. The number of aliphatic hydroxyl groups excluding tert-OH is 1. The molecule has 2 N–H and O–H groups in total. The van der Waals surface area contributed by atoms with E-state index in [1.54, 1.807) is 12.4 Å². The first kappa shape index (κ1) is 13.4. The Morgan fingerprint density at radius 3 is 2.79 bits per heavy atom. The zero-order valence-electron chi connectivity index (χ0n) is 10.7. The first-order valence-electron chi connectivity index (χ1n) is 6.35. The Hall–Kier alpha value is -2.07. The number of para-hydroxylation sites is 1. The Kier molecular flexibility index (Phi) is 5.19. The Bertz CT molecular complexity index is 489. The van der Waals surface area contributed by atoms with Crippen LogP contribution in [0.1, 0.15) is 12.0 Å². The van der Waals surface area contributed by atoms with Crippen LogP contribution in [0.4, 0.5) is 5.69 Å². The first-order valence-corrected chi connectivity index (χ1v) is 6.35. The van der Waals surface area contributed by atoms with Gasteiger partial charge in [0.1, 0.15) is 5.75 Å². The van der Waals surface area contributed by atoms with Crippen molar-refractivity contribution in [2.75, 3.05) is 18.5 Å². The van der Waals surface area contributed by atoms with Crippen LogP contribution in [0.25, 0.3) is 0 Å². The summed E-state index contributed by atoms with van der Waals surface area (Å²) in [5.41, 5.74) is 1.74. The molecular weight excluding hydrogens is 240 g/mol. The van der Waals surface area contributed by atoms with Gasteiger partial charge in [0.05, 0.1) is 13.2 Å². The van der Waals surface area contributed by atoms with E-state index in [4.69, 9.17) is 9.84 Å². The summed E-state index contributed by atoms with van der Waals surface area (Å²) < 4.78 is 5.60. The fraction of sp³-hybridized carbons (Fsp3) is 0.267. The van der Waals surface area contributed by atoms with E-state index in [2.05, 4.69) is 10.3 Å². The van der Waals surface area contributed by atoms with Crippen LogP contribution in [-0.4, -0.2) is 23.2 Å². The quantitative estimate of drug-likeness (QED) is 0.749. The number of aliphatic hydroxyl groups is 1. The molecule has 0 radical (unpaired) electrons. The molecule has 0 bridgehead atoms. The van der Waals surface area contributed by atoms with Crippen molar-refractivity contribution in [3.8, 4) is 5.75 Å². The van der Waals surface area contributed by atoms with Crippen LogP contribution in [0, 0.1) is 0 Å². The third kappa shape index (κ3) is 4.26. The topological polar surface area (TPSA) is 54.4 Å². The molecule has 2 rings (SSSR count). The maximum absolute atomic E-state index is 9.17. The van der Waals surface area contributed by atoms with Crippen LogP contribution in [0.2, 0.25) is 0 Å². The van der Waals surface area contributed by atoms with Crippen molar-refractivity contribution in [3.63, 3.8) is 0 Å². The summed E-state index contributed by atoms with van der Waals surface area (Å²) >= 11 is 0. The molecule has 0 aliphatic rings. The van der Waals surface area contributed by atoms with Crippen LogP contribution in [-0.2, 0) is 6.61 Å². The van der Waals surface area contributed by atoms with Gasteiger partial charge < -0.3 is 15.2 Å². The number of aromatic nitrogens is 1. The highest BCUT2D eigenvalue weighted by Crippen LogP contribution is 2.13. The average molecular weight is 258 g/mol. The summed E-state index contributed by atoms with van der Waals surface area (Å²) in [6.07, 6.45) is 4.27. The number of ether oxygens (including phenoxy) is 1. The van der Waals surface area contributed by atoms with Gasteiger partial charge in [-0.25, -0.2) is 0 Å². The highest BCUT2D eigenvalue weighted by molar-refractivity contribution is 5.48. The molecule has 0 aliphatic heterocycles. The molecule has 0 spiro atoms. The number of rotatable bonds is 7. The minimum atomic E-state index is -0.00329. The summed E-state index contributed by atoms with van der Waals surface area (Å²) in [6.45, 7) is 1.46. The normalized spacial score (nSPS) is 10.2. The van der Waals surface area contributed by atoms with Crippen molar-refractivity contribution in [2.24, 2.45) is 0 Å². The number of anilines is 1. The number of nitrogens with one attached hydrogen (secondary N) is 1. The molecular formula is C15H18N2O2. The van der Waals surface area contributed by atoms with Crippen molar-refractivity contribution in [3.05, 3.63) is 54.4 Å². The zero-order valence-corrected chi connectivity index (χ0v) is 10.7. The van der Waals surface area contributed by atoms with Crippen LogP contribution in [0.15, 0.2) is 48.8 Å². The number of benzene rings is 1. The molecule has 0 amide bonds. The lowest BCUT2D eigenvalue weighted by molar-refractivity contribution is 0.282. The Morgan fingerprint density at radius 2 is 2.00 bits per heavy atom. The van der Waals surface area contributed by atoms with E-state index >= 15 is 0 Å². The monoisotopic (exact) mass is 258 g/mol. The Labute approximate surface area is 113 Å². The molecule has 2 aromatic rings. The van der Waals surface area contributed by atoms with Gasteiger partial charge in [-0.3, -0.25) is 4.98 Å². The predicted octanol–water partition coefficient (Wildman–Crippen LogP) is 2.45. The van der Waals surface area contributed by atoms with Crippen molar-refractivity contribution in [1.82, 2.24) is 4.98 Å². The van der Waals surface area contributed by atoms with Gasteiger partial charge in [-0.15, -0.1) is 0 Å². The first-order chi connectivity index (χ1) is 9.40. The lowest BCUT2D eigenvalue weighted by Gasteiger charge is -2.10. The third-order valence-corrected chi connectivity index (χ3v) is 2.72. The molecule has 0 atom stereocenters. The summed E-state index contributed by atoms with van der Waals surface area (Å²) in [6, 6.07) is 11.6. The van der Waals surface area contributed by atoms with E-state index in [-0.39, 0.29) is 6.61 Å². The van der Waals surface area contributed by atoms with Gasteiger partial charge in [0.2, 0.25) is 0 Å². The lowest BCUT2D eigenvalue weighted by Crippen LogP contribution is -2.08. The van der Waals surface area contributed by atoms with E-state index < -0.39 is 0 Å². The van der Waals surface area contributed by atoms with Crippen molar-refractivity contribution >= 4 is 5.69 Å². The fourth-order valence-corrected chi connectivity index (χ4v) is 1.73. The second-order valence-electron chi connectivity index (χ2n) is 4.13. The largest absolute Gasteiger partial charge is 0.494 e. The van der Waals surface area contributed by atoms with Gasteiger partial charge in [-0.2, -0.15) is 0 Å². The molecule has 1 heterocycles. The van der Waals surface area contributed by atoms with Gasteiger partial charge in [-0.05, 0) is 24.6 Å². The van der Waals surface area contributed by atoms with Gasteiger partial charge in [0.15, 0.2) is 0 Å². The standard InChI is InChI=1S/C15H18N2O2/c18-12-13-11-16-9-7-15(13)17-8-4-10-19-14-5-2-1-3-6-14/h1-3,5-7,9,11,18H,4,8,10,12H2,(H,16,17). The second-order valence-corrected chi connectivity index (χ2v) is 4.13. The molecule has 0 aliphatic carbocycles. The van der Waals surface area contributed by atoms with Gasteiger partial charge in [-0.1, -0.05) is 18.2 Å². The van der Waals surface area contributed by atoms with Gasteiger partial charge in [0.25, 0.3) is 0 Å². The van der Waals surface area contributed by atoms with Crippen molar-refractivity contribution in [1.29, 1.82) is 0 Å². The smallest absolute Gasteiger partial charge is 0.119 e. The fourth-order valence-electron chi connectivity index (χ4n) is 1.73. The zero-order chi connectivity index (χ0) is 13.3. The molecule has 0 saturated carbocycles. The van der Waals surface area contributed by atoms with E-state index in [1.807, 2.05) is 36.4 Å². The van der Waals surface area contributed by atoms with Crippen molar-refractivity contribution in [2.45, 2.75) is 13.0 Å². The maximum atomic E-state index is 9.17. The third-order valence-electron chi connectivity index (χ3n) is 2.72. The molecule has 19 heavy (non-hydrogen) atoms. The SMILES string of the molecule is OCc1cnccc1NCCCOc1ccccc1. The predicted molar refractivity (Wildman–Crippen MR) is 75.2 cm³/mol. The van der Waals surface area contributed by atoms with Crippen LogP contribution >= 0.6 is 0 Å². The Balaban J connectivity index is 1.69. The molecule has 100 valence electrons. The van der Waals surface area contributed by atoms with E-state index in [0.29, 0.717) is 6.61 Å². The minimum Gasteiger partial charge on any atom is -0.494 e. The summed E-state index contributed by atoms with van der Waals surface area (Å²) in [5.74, 6) is 0.891. The number of pyridine rings is 1. The summed E-state index contributed by atoms with van der Waals surface area (Å²) in [4.78, 5) is 3.98. The van der Waals surface area contributed by atoms with E-state index in [9.17, 15) is 0 Å². The maximum Gasteiger partial charge on any atom is 0.119 e. The number of hydrogen-bond donors (Lipinski definition) is 2. The average Bonchev–Trinajstić information content (AvgIpc) is 2.48. The number of hydrogen-bond acceptors (Lipinski definition) is 4.